The predicted octanol–water partition coefficient (Wildman–Crippen LogP) is 1.83. The number of amides is 2. The number of benzene rings is 1. The summed E-state index contributed by atoms with van der Waals surface area (Å²) in [6, 6.07) is 5.61. The van der Waals surface area contributed by atoms with Crippen LogP contribution in [0.2, 0.25) is 0 Å². The number of esters is 1. The molecule has 1 saturated carbocycles. The van der Waals surface area contributed by atoms with Crippen molar-refractivity contribution >= 4 is 27.8 Å². The number of hydrogen-bond acceptors (Lipinski definition) is 6. The Balaban J connectivity index is 1.83. The molecule has 1 aliphatic rings. The summed E-state index contributed by atoms with van der Waals surface area (Å²) < 4.78 is 31.4. The third-order valence-electron chi connectivity index (χ3n) is 5.48. The highest BCUT2D eigenvalue weighted by atomic mass is 32.2. The first-order valence-corrected chi connectivity index (χ1v) is 12.5. The molecule has 1 aliphatic carbocycles. The largest absolute Gasteiger partial charge is 0.451 e. The highest BCUT2D eigenvalue weighted by Gasteiger charge is 2.23. The summed E-state index contributed by atoms with van der Waals surface area (Å²) in [6.45, 7) is 5.29. The second-order valence-electron chi connectivity index (χ2n) is 7.77. The Hall–Kier alpha value is -2.46. The molecule has 0 spiro atoms. The SMILES string of the molecule is CCN(CC)S(=O)(=O)c1ccc(C(=O)NCC(=O)OC(C)C(=O)NC2CCCCC2)cc1. The lowest BCUT2D eigenvalue weighted by Crippen LogP contribution is -2.43. The lowest BCUT2D eigenvalue weighted by atomic mass is 9.95. The van der Waals surface area contributed by atoms with E-state index >= 15 is 0 Å². The Morgan fingerprint density at radius 2 is 1.66 bits per heavy atom. The Labute approximate surface area is 189 Å². The monoisotopic (exact) mass is 467 g/mol. The van der Waals surface area contributed by atoms with E-state index in [9.17, 15) is 22.8 Å². The van der Waals surface area contributed by atoms with E-state index in [1.807, 2.05) is 0 Å². The van der Waals surface area contributed by atoms with Gasteiger partial charge in [0.25, 0.3) is 11.8 Å². The summed E-state index contributed by atoms with van der Waals surface area (Å²) in [6.07, 6.45) is 4.23. The van der Waals surface area contributed by atoms with Crippen LogP contribution in [0.1, 0.15) is 63.2 Å². The minimum atomic E-state index is -3.61. The molecule has 2 N–H and O–H groups in total. The van der Waals surface area contributed by atoms with Crippen molar-refractivity contribution in [3.8, 4) is 0 Å². The van der Waals surface area contributed by atoms with Crippen molar-refractivity contribution in [3.63, 3.8) is 0 Å². The van der Waals surface area contributed by atoms with Crippen molar-refractivity contribution in [2.45, 2.75) is 69.9 Å². The zero-order valence-corrected chi connectivity index (χ0v) is 19.7. The van der Waals surface area contributed by atoms with E-state index in [1.54, 1.807) is 13.8 Å². The van der Waals surface area contributed by atoms with Gasteiger partial charge in [0.15, 0.2) is 6.10 Å². The molecule has 0 heterocycles. The van der Waals surface area contributed by atoms with Crippen molar-refractivity contribution in [1.82, 2.24) is 14.9 Å². The fraction of sp³-hybridized carbons (Fsp3) is 0.591. The van der Waals surface area contributed by atoms with Gasteiger partial charge in [-0.1, -0.05) is 33.1 Å². The molecule has 0 aromatic heterocycles. The van der Waals surface area contributed by atoms with Crippen LogP contribution in [-0.4, -0.2) is 62.3 Å². The first-order valence-electron chi connectivity index (χ1n) is 11.1. The lowest BCUT2D eigenvalue weighted by Gasteiger charge is -2.24. The van der Waals surface area contributed by atoms with Gasteiger partial charge in [-0.25, -0.2) is 8.42 Å². The molecule has 1 aromatic carbocycles. The number of nitrogens with zero attached hydrogens (tertiary/aromatic N) is 1. The summed E-state index contributed by atoms with van der Waals surface area (Å²) in [4.78, 5) is 36.6. The van der Waals surface area contributed by atoms with Crippen LogP contribution in [0.25, 0.3) is 0 Å². The summed E-state index contributed by atoms with van der Waals surface area (Å²) in [5, 5.41) is 5.31. The number of ether oxygens (including phenoxy) is 1. The van der Waals surface area contributed by atoms with E-state index in [4.69, 9.17) is 4.74 Å². The van der Waals surface area contributed by atoms with Crippen LogP contribution in [-0.2, 0) is 24.3 Å². The molecule has 2 amide bonds. The van der Waals surface area contributed by atoms with E-state index in [-0.39, 0.29) is 22.4 Å². The highest BCUT2D eigenvalue weighted by molar-refractivity contribution is 7.89. The van der Waals surface area contributed by atoms with Gasteiger partial charge in [0, 0.05) is 24.7 Å². The summed E-state index contributed by atoms with van der Waals surface area (Å²) in [5.41, 5.74) is 0.208. The number of sulfonamides is 1. The Bertz CT molecular complexity index is 891. The molecule has 1 atom stereocenters. The van der Waals surface area contributed by atoms with Crippen LogP contribution < -0.4 is 10.6 Å². The molecular weight excluding hydrogens is 434 g/mol. The average Bonchev–Trinajstić information content (AvgIpc) is 2.78. The fourth-order valence-electron chi connectivity index (χ4n) is 3.60. The molecule has 0 aliphatic heterocycles. The maximum Gasteiger partial charge on any atom is 0.326 e. The van der Waals surface area contributed by atoms with E-state index in [0.29, 0.717) is 13.1 Å². The van der Waals surface area contributed by atoms with E-state index < -0.39 is 34.5 Å². The first-order chi connectivity index (χ1) is 15.2. The van der Waals surface area contributed by atoms with Crippen LogP contribution in [0.4, 0.5) is 0 Å². The number of hydrogen-bond donors (Lipinski definition) is 2. The van der Waals surface area contributed by atoms with Crippen LogP contribution in [0.5, 0.6) is 0 Å². The third-order valence-corrected chi connectivity index (χ3v) is 7.55. The van der Waals surface area contributed by atoms with Crippen LogP contribution in [0.15, 0.2) is 29.2 Å². The lowest BCUT2D eigenvalue weighted by molar-refractivity contribution is -0.154. The topological polar surface area (TPSA) is 122 Å². The van der Waals surface area contributed by atoms with Crippen molar-refractivity contribution in [2.24, 2.45) is 0 Å². The van der Waals surface area contributed by atoms with Gasteiger partial charge in [0.2, 0.25) is 10.0 Å². The predicted molar refractivity (Wildman–Crippen MR) is 119 cm³/mol. The van der Waals surface area contributed by atoms with Gasteiger partial charge in [-0.05, 0) is 44.0 Å². The summed E-state index contributed by atoms with van der Waals surface area (Å²) in [7, 11) is -3.61. The highest BCUT2D eigenvalue weighted by Crippen LogP contribution is 2.18. The normalized spacial score (nSPS) is 15.8. The van der Waals surface area contributed by atoms with Crippen LogP contribution >= 0.6 is 0 Å². The van der Waals surface area contributed by atoms with Gasteiger partial charge in [-0.2, -0.15) is 4.31 Å². The second-order valence-corrected chi connectivity index (χ2v) is 9.71. The quantitative estimate of drug-likeness (QED) is 0.506. The van der Waals surface area contributed by atoms with Gasteiger partial charge in [0.1, 0.15) is 6.54 Å². The molecule has 178 valence electrons. The molecule has 0 radical (unpaired) electrons. The summed E-state index contributed by atoms with van der Waals surface area (Å²) >= 11 is 0. The average molecular weight is 468 g/mol. The number of rotatable bonds is 10. The molecule has 0 bridgehead atoms. The molecule has 2 rings (SSSR count). The van der Waals surface area contributed by atoms with Gasteiger partial charge < -0.3 is 15.4 Å². The Kier molecular flexibility index (Phi) is 9.64. The van der Waals surface area contributed by atoms with Crippen LogP contribution in [0, 0.1) is 0 Å². The molecule has 10 heteroatoms. The number of carbonyl (C=O) groups is 3. The second kappa shape index (κ2) is 12.0. The van der Waals surface area contributed by atoms with Gasteiger partial charge in [-0.3, -0.25) is 14.4 Å². The molecule has 1 fully saturated rings. The number of carbonyl (C=O) groups excluding carboxylic acids is 3. The standard InChI is InChI=1S/C22H33N3O6S/c1-4-25(5-2)32(29,30)19-13-11-17(12-14-19)22(28)23-15-20(26)31-16(3)21(27)24-18-9-7-6-8-10-18/h11-14,16,18H,4-10,15H2,1-3H3,(H,23,28)(H,24,27). The number of nitrogens with one attached hydrogen (secondary N) is 2. The zero-order chi connectivity index (χ0) is 23.7. The maximum absolute atomic E-state index is 12.5. The van der Waals surface area contributed by atoms with E-state index in [1.165, 1.54) is 41.9 Å². The molecule has 1 aromatic rings. The maximum atomic E-state index is 12.5. The van der Waals surface area contributed by atoms with Gasteiger partial charge >= 0.3 is 5.97 Å². The van der Waals surface area contributed by atoms with Crippen molar-refractivity contribution < 1.29 is 27.5 Å². The minimum absolute atomic E-state index is 0.0926. The molecule has 32 heavy (non-hydrogen) atoms. The smallest absolute Gasteiger partial charge is 0.326 e. The Morgan fingerprint density at radius 3 is 2.22 bits per heavy atom. The van der Waals surface area contributed by atoms with Gasteiger partial charge in [0.05, 0.1) is 4.90 Å². The van der Waals surface area contributed by atoms with Crippen LogP contribution in [0.3, 0.4) is 0 Å². The summed E-state index contributed by atoms with van der Waals surface area (Å²) in [5.74, 6) is -1.63. The van der Waals surface area contributed by atoms with Crippen molar-refractivity contribution in [2.75, 3.05) is 19.6 Å². The van der Waals surface area contributed by atoms with Crippen molar-refractivity contribution in [1.29, 1.82) is 0 Å². The van der Waals surface area contributed by atoms with E-state index in [2.05, 4.69) is 10.6 Å². The van der Waals surface area contributed by atoms with Gasteiger partial charge in [-0.15, -0.1) is 0 Å². The molecule has 1 unspecified atom stereocenters. The first kappa shape index (κ1) is 25.8. The van der Waals surface area contributed by atoms with E-state index in [0.717, 1.165) is 25.7 Å². The third kappa shape index (κ3) is 7.03. The molecule has 0 saturated heterocycles. The molecular formula is C22H33N3O6S. The minimum Gasteiger partial charge on any atom is -0.451 e. The van der Waals surface area contributed by atoms with Crippen molar-refractivity contribution in [3.05, 3.63) is 29.8 Å². The fourth-order valence-corrected chi connectivity index (χ4v) is 5.06. The zero-order valence-electron chi connectivity index (χ0n) is 18.9. The molecule has 9 nitrogen and oxygen atoms in total. The Morgan fingerprint density at radius 1 is 1.06 bits per heavy atom.